The van der Waals surface area contributed by atoms with Crippen molar-refractivity contribution in [3.05, 3.63) is 12.2 Å². The Morgan fingerprint density at radius 2 is 1.94 bits per heavy atom. The fourth-order valence-electron chi connectivity index (χ4n) is 3.87. The predicted octanol–water partition coefficient (Wildman–Crippen LogP) is 2.58. The number of Topliss-reactive ketones (excluding diaryl/α,β-unsaturated/α-hetero) is 1. The normalized spacial score (nSPS) is 45.4. The van der Waals surface area contributed by atoms with Crippen LogP contribution in [0.25, 0.3) is 0 Å². The number of carbonyl (C=O) groups excluding carboxylic acids is 1. The predicted molar refractivity (Wildman–Crippen MR) is 62.0 cm³/mol. The molecular formula is C14H20O2. The standard InChI is InChI=1S/C14H20O2/c1-14(2,3)16-11-7-10(15)12-8-4-5-9(6-8)13(11)12/h4-5,8-9,11-13H,6-7H2,1-3H3/t8-,9+,11+,12?,13?/m1/s1. The van der Waals surface area contributed by atoms with Crippen LogP contribution in [-0.4, -0.2) is 17.5 Å². The molecule has 0 aromatic heterocycles. The molecule has 16 heavy (non-hydrogen) atoms. The molecule has 2 bridgehead atoms. The van der Waals surface area contributed by atoms with Crippen molar-refractivity contribution in [3.63, 3.8) is 0 Å². The van der Waals surface area contributed by atoms with Crippen LogP contribution in [0.1, 0.15) is 33.6 Å². The van der Waals surface area contributed by atoms with E-state index in [9.17, 15) is 4.79 Å². The van der Waals surface area contributed by atoms with Crippen molar-refractivity contribution in [1.82, 2.24) is 0 Å². The van der Waals surface area contributed by atoms with Crippen LogP contribution in [0.2, 0.25) is 0 Å². The van der Waals surface area contributed by atoms with Crippen molar-refractivity contribution in [3.8, 4) is 0 Å². The van der Waals surface area contributed by atoms with Crippen molar-refractivity contribution in [2.75, 3.05) is 0 Å². The maximum absolute atomic E-state index is 12.0. The Balaban J connectivity index is 1.83. The molecule has 5 atom stereocenters. The van der Waals surface area contributed by atoms with E-state index in [1.807, 2.05) is 0 Å². The lowest BCUT2D eigenvalue weighted by Gasteiger charge is -2.31. The summed E-state index contributed by atoms with van der Waals surface area (Å²) in [6.45, 7) is 6.23. The first-order chi connectivity index (χ1) is 7.46. The minimum atomic E-state index is -0.134. The number of hydrogen-bond acceptors (Lipinski definition) is 2. The third kappa shape index (κ3) is 1.46. The SMILES string of the molecule is CC(C)(C)O[C@H]1CC(=O)C2C1[C@H]1C=C[C@@H]2C1. The third-order valence-corrected chi connectivity index (χ3v) is 4.23. The van der Waals surface area contributed by atoms with Crippen molar-refractivity contribution >= 4 is 5.78 Å². The number of carbonyl (C=O) groups is 1. The molecule has 0 amide bonds. The Hall–Kier alpha value is -0.630. The molecule has 0 radical (unpaired) electrons. The summed E-state index contributed by atoms with van der Waals surface area (Å²) in [6, 6.07) is 0. The van der Waals surface area contributed by atoms with Crippen LogP contribution in [0, 0.1) is 23.7 Å². The Labute approximate surface area is 97.1 Å². The van der Waals surface area contributed by atoms with E-state index in [0.717, 1.165) is 0 Å². The van der Waals surface area contributed by atoms with E-state index in [1.165, 1.54) is 6.42 Å². The molecule has 3 aliphatic carbocycles. The van der Waals surface area contributed by atoms with E-state index in [2.05, 4.69) is 32.9 Å². The fraction of sp³-hybridized carbons (Fsp3) is 0.786. The number of fused-ring (bicyclic) bond motifs is 5. The molecule has 0 aromatic rings. The second kappa shape index (κ2) is 3.19. The second-order valence-electron chi connectivity index (χ2n) is 6.49. The van der Waals surface area contributed by atoms with Gasteiger partial charge in [0.15, 0.2) is 0 Å². The van der Waals surface area contributed by atoms with E-state index in [0.29, 0.717) is 30.0 Å². The Kier molecular flexibility index (Phi) is 2.10. The summed E-state index contributed by atoms with van der Waals surface area (Å²) in [5, 5.41) is 0. The van der Waals surface area contributed by atoms with Gasteiger partial charge in [0.2, 0.25) is 0 Å². The topological polar surface area (TPSA) is 26.3 Å². The molecule has 88 valence electrons. The van der Waals surface area contributed by atoms with Gasteiger partial charge in [-0.3, -0.25) is 4.79 Å². The molecule has 2 fully saturated rings. The zero-order valence-corrected chi connectivity index (χ0v) is 10.3. The molecule has 0 aliphatic heterocycles. The Morgan fingerprint density at radius 3 is 2.62 bits per heavy atom. The van der Waals surface area contributed by atoms with Gasteiger partial charge in [-0.15, -0.1) is 0 Å². The van der Waals surface area contributed by atoms with Gasteiger partial charge in [-0.05, 0) is 39.0 Å². The summed E-state index contributed by atoms with van der Waals surface area (Å²) >= 11 is 0. The molecule has 3 rings (SSSR count). The average Bonchev–Trinajstić information content (AvgIpc) is 2.76. The lowest BCUT2D eigenvalue weighted by Crippen LogP contribution is -2.33. The Morgan fingerprint density at radius 1 is 1.25 bits per heavy atom. The van der Waals surface area contributed by atoms with Crippen molar-refractivity contribution in [2.45, 2.75) is 45.3 Å². The lowest BCUT2D eigenvalue weighted by atomic mass is 9.84. The molecule has 0 N–H and O–H groups in total. The van der Waals surface area contributed by atoms with Crippen LogP contribution in [-0.2, 0) is 9.53 Å². The lowest BCUT2D eigenvalue weighted by molar-refractivity contribution is -0.122. The molecule has 2 nitrogen and oxygen atoms in total. The van der Waals surface area contributed by atoms with Gasteiger partial charge in [-0.2, -0.15) is 0 Å². The highest BCUT2D eigenvalue weighted by Gasteiger charge is 2.56. The first-order valence-corrected chi connectivity index (χ1v) is 6.34. The molecule has 2 heteroatoms. The van der Waals surface area contributed by atoms with E-state index in [1.54, 1.807) is 0 Å². The highest BCUT2D eigenvalue weighted by molar-refractivity contribution is 5.85. The highest BCUT2D eigenvalue weighted by atomic mass is 16.5. The van der Waals surface area contributed by atoms with Gasteiger partial charge in [-0.1, -0.05) is 12.2 Å². The number of ketones is 1. The average molecular weight is 220 g/mol. The summed E-state index contributed by atoms with van der Waals surface area (Å²) in [6.07, 6.45) is 6.55. The number of hydrogen-bond donors (Lipinski definition) is 0. The number of allylic oxidation sites excluding steroid dienone is 2. The van der Waals surface area contributed by atoms with Crippen LogP contribution in [0.15, 0.2) is 12.2 Å². The zero-order valence-electron chi connectivity index (χ0n) is 10.3. The summed E-state index contributed by atoms with van der Waals surface area (Å²) in [5.41, 5.74) is -0.134. The summed E-state index contributed by atoms with van der Waals surface area (Å²) in [5.74, 6) is 2.32. The molecule has 2 saturated carbocycles. The first kappa shape index (κ1) is 10.5. The smallest absolute Gasteiger partial charge is 0.139 e. The van der Waals surface area contributed by atoms with E-state index in [4.69, 9.17) is 4.74 Å². The molecule has 0 saturated heterocycles. The van der Waals surface area contributed by atoms with Crippen LogP contribution in [0.4, 0.5) is 0 Å². The molecule has 0 spiro atoms. The van der Waals surface area contributed by atoms with Crippen molar-refractivity contribution in [2.24, 2.45) is 23.7 Å². The zero-order chi connectivity index (χ0) is 11.5. The monoisotopic (exact) mass is 220 g/mol. The van der Waals surface area contributed by atoms with Gasteiger partial charge >= 0.3 is 0 Å². The summed E-state index contributed by atoms with van der Waals surface area (Å²) < 4.78 is 6.08. The van der Waals surface area contributed by atoms with Crippen LogP contribution in [0.3, 0.4) is 0 Å². The van der Waals surface area contributed by atoms with Gasteiger partial charge in [0.1, 0.15) is 5.78 Å². The van der Waals surface area contributed by atoms with Gasteiger partial charge < -0.3 is 4.74 Å². The van der Waals surface area contributed by atoms with Crippen LogP contribution >= 0.6 is 0 Å². The quantitative estimate of drug-likeness (QED) is 0.635. The fourth-order valence-corrected chi connectivity index (χ4v) is 3.87. The minimum Gasteiger partial charge on any atom is -0.372 e. The molecule has 2 unspecified atom stereocenters. The minimum absolute atomic E-state index is 0.134. The van der Waals surface area contributed by atoms with E-state index in [-0.39, 0.29) is 17.6 Å². The van der Waals surface area contributed by atoms with Gasteiger partial charge in [-0.25, -0.2) is 0 Å². The maximum Gasteiger partial charge on any atom is 0.139 e. The number of ether oxygens (including phenoxy) is 1. The third-order valence-electron chi connectivity index (χ3n) is 4.23. The second-order valence-corrected chi connectivity index (χ2v) is 6.49. The summed E-state index contributed by atoms with van der Waals surface area (Å²) in [4.78, 5) is 12.0. The number of rotatable bonds is 1. The van der Waals surface area contributed by atoms with Gasteiger partial charge in [0.05, 0.1) is 11.7 Å². The first-order valence-electron chi connectivity index (χ1n) is 6.34. The van der Waals surface area contributed by atoms with Gasteiger partial charge in [0, 0.05) is 18.3 Å². The van der Waals surface area contributed by atoms with Crippen LogP contribution < -0.4 is 0 Å². The molecule has 3 aliphatic rings. The van der Waals surface area contributed by atoms with E-state index < -0.39 is 0 Å². The molecular weight excluding hydrogens is 200 g/mol. The van der Waals surface area contributed by atoms with Crippen molar-refractivity contribution < 1.29 is 9.53 Å². The maximum atomic E-state index is 12.0. The highest BCUT2D eigenvalue weighted by Crippen LogP contribution is 2.55. The molecule has 0 heterocycles. The summed E-state index contributed by atoms with van der Waals surface area (Å²) in [7, 11) is 0. The van der Waals surface area contributed by atoms with Crippen molar-refractivity contribution in [1.29, 1.82) is 0 Å². The van der Waals surface area contributed by atoms with Crippen LogP contribution in [0.5, 0.6) is 0 Å². The molecule has 0 aromatic carbocycles. The van der Waals surface area contributed by atoms with Gasteiger partial charge in [0.25, 0.3) is 0 Å². The van der Waals surface area contributed by atoms with E-state index >= 15 is 0 Å². The largest absolute Gasteiger partial charge is 0.372 e. The Bertz CT molecular complexity index is 350.